The molecule has 0 radical (unpaired) electrons. The molecule has 0 spiro atoms. The van der Waals surface area contributed by atoms with Crippen LogP contribution in [0.2, 0.25) is 5.02 Å². The normalized spacial score (nSPS) is 13.3. The molecule has 0 aliphatic rings. The van der Waals surface area contributed by atoms with E-state index in [-0.39, 0.29) is 5.56 Å². The molecule has 0 aromatic heterocycles. The number of benzene rings is 2. The molecule has 21 heavy (non-hydrogen) atoms. The minimum absolute atomic E-state index is 0.0592. The van der Waals surface area contributed by atoms with Crippen molar-refractivity contribution in [3.8, 4) is 6.07 Å². The van der Waals surface area contributed by atoms with Crippen molar-refractivity contribution in [3.63, 3.8) is 0 Å². The summed E-state index contributed by atoms with van der Waals surface area (Å²) in [5.41, 5.74) is -0.922. The first-order valence-corrected chi connectivity index (χ1v) is 7.13. The summed E-state index contributed by atoms with van der Waals surface area (Å²) in [6.45, 7) is 1.48. The van der Waals surface area contributed by atoms with Gasteiger partial charge in [-0.2, -0.15) is 5.26 Å². The third-order valence-corrected chi connectivity index (χ3v) is 4.24. The van der Waals surface area contributed by atoms with Crippen molar-refractivity contribution in [3.05, 3.63) is 63.1 Å². The van der Waals surface area contributed by atoms with Gasteiger partial charge in [0.2, 0.25) is 0 Å². The number of halogens is 4. The second-order valence-electron chi connectivity index (χ2n) is 4.59. The molecule has 1 N–H and O–H groups in total. The van der Waals surface area contributed by atoms with Crippen LogP contribution in [0.4, 0.5) is 14.5 Å². The molecule has 0 saturated heterocycles. The van der Waals surface area contributed by atoms with Gasteiger partial charge < -0.3 is 5.32 Å². The van der Waals surface area contributed by atoms with E-state index in [1.807, 2.05) is 6.07 Å². The zero-order valence-electron chi connectivity index (χ0n) is 10.9. The lowest BCUT2D eigenvalue weighted by molar-refractivity contribution is 0.483. The summed E-state index contributed by atoms with van der Waals surface area (Å²) in [5, 5.41) is 12.8. The van der Waals surface area contributed by atoms with Crippen LogP contribution in [-0.2, 0) is 5.54 Å². The SMILES string of the molecule is CC(C#N)(Nc1ccc(Cl)c(Br)c1)c1cccc(F)c1F. The second kappa shape index (κ2) is 6.00. The lowest BCUT2D eigenvalue weighted by Gasteiger charge is -2.25. The molecule has 1 atom stereocenters. The van der Waals surface area contributed by atoms with Crippen LogP contribution >= 0.6 is 27.5 Å². The molecule has 2 rings (SSSR count). The number of nitrogens with zero attached hydrogens (tertiary/aromatic N) is 1. The van der Waals surface area contributed by atoms with Crippen molar-refractivity contribution in [2.75, 3.05) is 5.32 Å². The standard InChI is InChI=1S/C15H10BrClF2N2/c1-15(8-20,10-3-2-4-13(18)14(10)19)21-9-5-6-12(17)11(16)7-9/h2-7,21H,1H3. The molecule has 2 nitrogen and oxygen atoms in total. The van der Waals surface area contributed by atoms with Gasteiger partial charge in [0.25, 0.3) is 0 Å². The Balaban J connectivity index is 2.44. The first kappa shape index (κ1) is 15.7. The Kier molecular flexibility index (Phi) is 4.50. The average Bonchev–Trinajstić information content (AvgIpc) is 2.45. The molecule has 0 aliphatic carbocycles. The Labute approximate surface area is 134 Å². The molecule has 6 heteroatoms. The summed E-state index contributed by atoms with van der Waals surface area (Å²) in [5.74, 6) is -2.03. The summed E-state index contributed by atoms with van der Waals surface area (Å²) in [4.78, 5) is 0. The van der Waals surface area contributed by atoms with E-state index in [1.165, 1.54) is 19.1 Å². The third kappa shape index (κ3) is 3.17. The van der Waals surface area contributed by atoms with Gasteiger partial charge in [0, 0.05) is 15.7 Å². The van der Waals surface area contributed by atoms with Crippen molar-refractivity contribution < 1.29 is 8.78 Å². The van der Waals surface area contributed by atoms with Crippen LogP contribution in [0.3, 0.4) is 0 Å². The molecule has 2 aromatic carbocycles. The van der Waals surface area contributed by atoms with Gasteiger partial charge in [-0.15, -0.1) is 0 Å². The van der Waals surface area contributed by atoms with E-state index in [0.717, 1.165) is 6.07 Å². The third-order valence-electron chi connectivity index (χ3n) is 3.03. The molecular weight excluding hydrogens is 362 g/mol. The van der Waals surface area contributed by atoms with Crippen LogP contribution in [-0.4, -0.2) is 0 Å². The van der Waals surface area contributed by atoms with Crippen molar-refractivity contribution in [1.29, 1.82) is 5.26 Å². The lowest BCUT2D eigenvalue weighted by Crippen LogP contribution is -2.31. The number of rotatable bonds is 3. The molecule has 2 aromatic rings. The van der Waals surface area contributed by atoms with Gasteiger partial charge in [-0.1, -0.05) is 23.7 Å². The fraction of sp³-hybridized carbons (Fsp3) is 0.133. The van der Waals surface area contributed by atoms with E-state index >= 15 is 0 Å². The van der Waals surface area contributed by atoms with Gasteiger partial charge in [-0.05, 0) is 47.1 Å². The number of nitrogens with one attached hydrogen (secondary N) is 1. The zero-order chi connectivity index (χ0) is 15.6. The number of hydrogen-bond donors (Lipinski definition) is 1. The first-order valence-electron chi connectivity index (χ1n) is 5.96. The predicted octanol–water partition coefficient (Wildman–Crippen LogP) is 5.23. The van der Waals surface area contributed by atoms with Crippen molar-refractivity contribution >= 4 is 33.2 Å². The average molecular weight is 372 g/mol. The van der Waals surface area contributed by atoms with Gasteiger partial charge in [0.05, 0.1) is 11.1 Å². The highest BCUT2D eigenvalue weighted by molar-refractivity contribution is 9.10. The van der Waals surface area contributed by atoms with E-state index < -0.39 is 17.2 Å². The van der Waals surface area contributed by atoms with Crippen LogP contribution in [0.15, 0.2) is 40.9 Å². The van der Waals surface area contributed by atoms with Crippen LogP contribution in [0.5, 0.6) is 0 Å². The molecule has 0 aliphatic heterocycles. The van der Waals surface area contributed by atoms with Crippen LogP contribution in [0.25, 0.3) is 0 Å². The van der Waals surface area contributed by atoms with Gasteiger partial charge in [-0.25, -0.2) is 8.78 Å². The highest BCUT2D eigenvalue weighted by Crippen LogP contribution is 2.31. The maximum atomic E-state index is 13.9. The molecule has 1 unspecified atom stereocenters. The number of anilines is 1. The fourth-order valence-corrected chi connectivity index (χ4v) is 2.40. The Morgan fingerprint density at radius 2 is 2.00 bits per heavy atom. The molecule has 0 saturated carbocycles. The highest BCUT2D eigenvalue weighted by Gasteiger charge is 2.30. The Hall–Kier alpha value is -1.64. The van der Waals surface area contributed by atoms with Gasteiger partial charge in [-0.3, -0.25) is 0 Å². The van der Waals surface area contributed by atoms with Crippen molar-refractivity contribution in [2.24, 2.45) is 0 Å². The van der Waals surface area contributed by atoms with Gasteiger partial charge in [0.15, 0.2) is 17.2 Å². The Morgan fingerprint density at radius 1 is 1.29 bits per heavy atom. The predicted molar refractivity (Wildman–Crippen MR) is 82.1 cm³/mol. The number of nitriles is 1. The Bertz CT molecular complexity index is 730. The lowest BCUT2D eigenvalue weighted by atomic mass is 9.92. The topological polar surface area (TPSA) is 35.8 Å². The van der Waals surface area contributed by atoms with E-state index in [1.54, 1.807) is 18.2 Å². The summed E-state index contributed by atoms with van der Waals surface area (Å²) in [6.07, 6.45) is 0. The van der Waals surface area contributed by atoms with Crippen LogP contribution < -0.4 is 5.32 Å². The van der Waals surface area contributed by atoms with Crippen LogP contribution in [0.1, 0.15) is 12.5 Å². The van der Waals surface area contributed by atoms with Gasteiger partial charge in [0.1, 0.15) is 0 Å². The summed E-state index contributed by atoms with van der Waals surface area (Å²) in [6, 6.07) is 10.7. The van der Waals surface area contributed by atoms with Crippen molar-refractivity contribution in [2.45, 2.75) is 12.5 Å². The largest absolute Gasteiger partial charge is 0.364 e. The van der Waals surface area contributed by atoms with Gasteiger partial charge >= 0.3 is 0 Å². The minimum atomic E-state index is -1.42. The molecule has 0 heterocycles. The quantitative estimate of drug-likeness (QED) is 0.802. The molecular formula is C15H10BrClF2N2. The molecule has 108 valence electrons. The summed E-state index contributed by atoms with van der Waals surface area (Å²) < 4.78 is 27.9. The summed E-state index contributed by atoms with van der Waals surface area (Å²) >= 11 is 9.17. The summed E-state index contributed by atoms with van der Waals surface area (Å²) in [7, 11) is 0. The van der Waals surface area contributed by atoms with Crippen molar-refractivity contribution in [1.82, 2.24) is 0 Å². The van der Waals surface area contributed by atoms with E-state index in [4.69, 9.17) is 11.6 Å². The van der Waals surface area contributed by atoms with E-state index in [2.05, 4.69) is 21.2 Å². The van der Waals surface area contributed by atoms with Crippen LogP contribution in [0, 0.1) is 23.0 Å². The van der Waals surface area contributed by atoms with E-state index in [9.17, 15) is 14.0 Å². The zero-order valence-corrected chi connectivity index (χ0v) is 13.3. The Morgan fingerprint density at radius 3 is 2.62 bits per heavy atom. The van der Waals surface area contributed by atoms with E-state index in [0.29, 0.717) is 15.2 Å². The molecule has 0 amide bonds. The minimum Gasteiger partial charge on any atom is -0.364 e. The molecule has 0 bridgehead atoms. The monoisotopic (exact) mass is 370 g/mol. The first-order chi connectivity index (χ1) is 9.87. The fourth-order valence-electron chi connectivity index (χ4n) is 1.91. The maximum Gasteiger partial charge on any atom is 0.165 e. The number of hydrogen-bond acceptors (Lipinski definition) is 2. The highest BCUT2D eigenvalue weighted by atomic mass is 79.9. The second-order valence-corrected chi connectivity index (χ2v) is 5.85. The molecule has 0 fully saturated rings. The smallest absolute Gasteiger partial charge is 0.165 e. The maximum absolute atomic E-state index is 13.9.